The second kappa shape index (κ2) is 24.4. The molecule has 0 saturated carbocycles. The summed E-state index contributed by atoms with van der Waals surface area (Å²) in [6, 6.07) is 17.9. The Bertz CT molecular complexity index is 924. The van der Waals surface area contributed by atoms with Crippen LogP contribution in [0, 0.1) is 10.8 Å². The van der Waals surface area contributed by atoms with Crippen LogP contribution in [0.5, 0.6) is 0 Å². The van der Waals surface area contributed by atoms with Gasteiger partial charge < -0.3 is 35.6 Å². The van der Waals surface area contributed by atoms with Crippen molar-refractivity contribution in [2.24, 2.45) is 10.8 Å². The van der Waals surface area contributed by atoms with Crippen LogP contribution in [0.1, 0.15) is 48.8 Å². The van der Waals surface area contributed by atoms with Crippen LogP contribution >= 0.6 is 0 Å². The van der Waals surface area contributed by atoms with Crippen molar-refractivity contribution in [2.75, 3.05) is 46.8 Å². The van der Waals surface area contributed by atoms with Crippen molar-refractivity contribution in [2.45, 2.75) is 26.7 Å². The largest absolute Gasteiger partial charge is 1.00 e. The summed E-state index contributed by atoms with van der Waals surface area (Å²) in [5.74, 6) is -0.541. The summed E-state index contributed by atoms with van der Waals surface area (Å²) in [6.07, 6.45) is 2.01. The van der Waals surface area contributed by atoms with E-state index in [-0.39, 0.29) is 140 Å². The normalized spacial score (nSPS) is 14.7. The molecule has 40 heavy (non-hydrogen) atoms. The van der Waals surface area contributed by atoms with E-state index in [0.717, 1.165) is 26.1 Å². The van der Waals surface area contributed by atoms with Crippen LogP contribution in [0.15, 0.2) is 60.7 Å². The zero-order valence-corrected chi connectivity index (χ0v) is 30.4. The van der Waals surface area contributed by atoms with Gasteiger partial charge in [-0.25, -0.2) is 9.59 Å². The molecule has 2 saturated heterocycles. The summed E-state index contributed by atoms with van der Waals surface area (Å²) < 4.78 is 19.9. The fourth-order valence-corrected chi connectivity index (χ4v) is 3.15. The van der Waals surface area contributed by atoms with Gasteiger partial charge >= 0.3 is 115 Å². The molecule has 0 unspecified atom stereocenters. The van der Waals surface area contributed by atoms with E-state index in [9.17, 15) is 9.59 Å². The molecule has 0 bridgehead atoms. The number of methoxy groups -OCH3 is 1. The van der Waals surface area contributed by atoms with E-state index in [2.05, 4.69) is 23.5 Å². The van der Waals surface area contributed by atoms with Crippen LogP contribution < -0.4 is 108 Å². The third-order valence-corrected chi connectivity index (χ3v) is 6.22. The van der Waals surface area contributed by atoms with Gasteiger partial charge in [-0.15, -0.1) is 0 Å². The fraction of sp³-hybridized carbons (Fsp3) is 0.464. The zero-order valence-electron chi connectivity index (χ0n) is 25.1. The van der Waals surface area contributed by atoms with Crippen molar-refractivity contribution in [3.8, 4) is 0 Å². The van der Waals surface area contributed by atoms with E-state index >= 15 is 0 Å². The molecule has 2 heterocycles. The number of benzene rings is 2. The van der Waals surface area contributed by atoms with Gasteiger partial charge in [-0.1, -0.05) is 50.2 Å². The molecule has 0 aliphatic carbocycles. The minimum Gasteiger partial charge on any atom is -1.00 e. The Labute approximate surface area is 322 Å². The molecule has 0 aromatic heterocycles. The number of rotatable bonds is 8. The van der Waals surface area contributed by atoms with Gasteiger partial charge in [0.1, 0.15) is 6.61 Å². The number of hydrogen-bond acceptors (Lipinski definition) is 10. The van der Waals surface area contributed by atoms with Gasteiger partial charge in [0, 0.05) is 5.41 Å². The predicted molar refractivity (Wildman–Crippen MR) is 137 cm³/mol. The van der Waals surface area contributed by atoms with Crippen LogP contribution in [-0.2, 0) is 28.6 Å². The van der Waals surface area contributed by atoms with Crippen molar-refractivity contribution in [3.05, 3.63) is 71.8 Å². The van der Waals surface area contributed by atoms with Crippen LogP contribution in [0.2, 0.25) is 0 Å². The van der Waals surface area contributed by atoms with Crippen LogP contribution in [0.25, 0.3) is 0 Å². The first-order valence-electron chi connectivity index (χ1n) is 12.2. The van der Waals surface area contributed by atoms with Gasteiger partial charge in [-0.2, -0.15) is 0 Å². The van der Waals surface area contributed by atoms with E-state index < -0.39 is 0 Å². The minimum absolute atomic E-state index is 0. The van der Waals surface area contributed by atoms with Gasteiger partial charge in [0.25, 0.3) is 6.47 Å². The topological polar surface area (TPSA) is 141 Å². The Morgan fingerprint density at radius 1 is 0.875 bits per heavy atom. The summed E-state index contributed by atoms with van der Waals surface area (Å²) in [4.78, 5) is 33.7. The molecule has 2 aliphatic rings. The maximum atomic E-state index is 11.7. The standard InChI is InChI=1S/C13H16O3.C8H8O2.C6H12O2.CH2O3.2K.H/c1-2-13(8-15-9-13)10-16-12(14)11-6-4-3-5-7-11;1-10-8(9)7-5-3-2-4-6-7;1-2-6(3-7)4-8-5-6;2-1-4-3;;;/h3-7H,2,8-10H2,1H3;2-6H,1H3;7H,2-5H2,1H3;1,3H;;;/q;;;;2*+1;-1/p-1. The van der Waals surface area contributed by atoms with Gasteiger partial charge in [-0.05, 0) is 37.1 Å². The summed E-state index contributed by atoms with van der Waals surface area (Å²) in [6.45, 7) is 7.63. The molecule has 10 nitrogen and oxygen atoms in total. The molecular formula is C28H38K2O10. The first-order chi connectivity index (χ1) is 18.3. The second-order valence-corrected chi connectivity index (χ2v) is 8.84. The molecule has 212 valence electrons. The van der Waals surface area contributed by atoms with Gasteiger partial charge in [0.15, 0.2) is 0 Å². The summed E-state index contributed by atoms with van der Waals surface area (Å²) in [7, 11) is 1.37. The smallest absolute Gasteiger partial charge is 1.00 e. The second-order valence-electron chi connectivity index (χ2n) is 8.84. The number of ether oxygens (including phenoxy) is 4. The molecule has 2 aliphatic heterocycles. The first-order valence-corrected chi connectivity index (χ1v) is 12.2. The SMILES string of the molecule is CCC1(CO)COC1.CCC1(COC(=O)c2ccccc2)COC1.COC(=O)c1ccccc1.O=CO[O-].[H-].[K+].[K+]. The maximum Gasteiger partial charge on any atom is 1.00 e. The van der Waals surface area contributed by atoms with E-state index in [1.54, 1.807) is 36.4 Å². The van der Waals surface area contributed by atoms with Crippen molar-refractivity contribution in [3.63, 3.8) is 0 Å². The van der Waals surface area contributed by atoms with E-state index in [1.165, 1.54) is 7.11 Å². The Morgan fingerprint density at radius 2 is 1.27 bits per heavy atom. The molecule has 2 aromatic carbocycles. The number of aliphatic hydroxyl groups excluding tert-OH is 1. The average molecular weight is 613 g/mol. The van der Waals surface area contributed by atoms with Crippen molar-refractivity contribution < 1.29 is 153 Å². The molecule has 0 radical (unpaired) electrons. The predicted octanol–water partition coefficient (Wildman–Crippen LogP) is -3.30. The third kappa shape index (κ3) is 15.4. The maximum absolute atomic E-state index is 11.7. The van der Waals surface area contributed by atoms with E-state index in [1.807, 2.05) is 24.3 Å². The Kier molecular flexibility index (Phi) is 25.7. The van der Waals surface area contributed by atoms with Crippen LogP contribution in [0.4, 0.5) is 0 Å². The fourth-order valence-electron chi connectivity index (χ4n) is 3.15. The monoisotopic (exact) mass is 612 g/mol. The molecule has 2 aromatic rings. The number of hydrogen-bond donors (Lipinski definition) is 1. The Balaban J connectivity index is -0.000000504. The molecule has 0 atom stereocenters. The Morgan fingerprint density at radius 3 is 1.52 bits per heavy atom. The van der Waals surface area contributed by atoms with Crippen LogP contribution in [-0.4, -0.2) is 70.3 Å². The minimum atomic E-state index is -0.291. The summed E-state index contributed by atoms with van der Waals surface area (Å²) in [5.41, 5.74) is 1.39. The van der Waals surface area contributed by atoms with Gasteiger partial charge in [0.05, 0.1) is 56.7 Å². The number of carbonyl (C=O) groups is 3. The number of aliphatic hydroxyl groups is 1. The summed E-state index contributed by atoms with van der Waals surface area (Å²) >= 11 is 0. The Hall–Kier alpha value is -0.0373. The quantitative estimate of drug-likeness (QED) is 0.106. The molecular weight excluding hydrogens is 574 g/mol. The van der Waals surface area contributed by atoms with Crippen molar-refractivity contribution in [1.82, 2.24) is 0 Å². The van der Waals surface area contributed by atoms with Gasteiger partial charge in [0.2, 0.25) is 0 Å². The van der Waals surface area contributed by atoms with Crippen molar-refractivity contribution >= 4 is 18.4 Å². The molecule has 2 fully saturated rings. The first kappa shape index (κ1) is 42.1. The molecule has 1 N–H and O–H groups in total. The molecule has 12 heteroatoms. The molecule has 4 rings (SSSR count). The average Bonchev–Trinajstić information content (AvgIpc) is 2.94. The van der Waals surface area contributed by atoms with E-state index in [0.29, 0.717) is 30.9 Å². The van der Waals surface area contributed by atoms with Crippen LogP contribution in [0.3, 0.4) is 0 Å². The number of carbonyl (C=O) groups excluding carboxylic acids is 3. The van der Waals surface area contributed by atoms with E-state index in [4.69, 9.17) is 29.4 Å². The summed E-state index contributed by atoms with van der Waals surface area (Å²) in [5, 5.41) is 17.2. The van der Waals surface area contributed by atoms with Gasteiger partial charge in [-0.3, -0.25) is 4.79 Å². The molecule has 0 spiro atoms. The third-order valence-electron chi connectivity index (χ3n) is 6.22. The zero-order chi connectivity index (χ0) is 28.3. The van der Waals surface area contributed by atoms with Crippen molar-refractivity contribution in [1.29, 1.82) is 0 Å². The number of esters is 2. The molecule has 0 amide bonds.